The summed E-state index contributed by atoms with van der Waals surface area (Å²) in [5.41, 5.74) is 0. The Kier molecular flexibility index (Phi) is 21.7. The number of rotatable bonds is 2. The molecule has 0 amide bonds. The minimum absolute atomic E-state index is 0. The summed E-state index contributed by atoms with van der Waals surface area (Å²) in [5, 5.41) is 34.6. The van der Waals surface area contributed by atoms with E-state index in [0.29, 0.717) is 0 Å². The van der Waals surface area contributed by atoms with Gasteiger partial charge in [0.25, 0.3) is 0 Å². The summed E-state index contributed by atoms with van der Waals surface area (Å²) in [6.45, 7) is 2.27. The van der Waals surface area contributed by atoms with Gasteiger partial charge in [-0.2, -0.15) is 0 Å². The van der Waals surface area contributed by atoms with Gasteiger partial charge >= 0.3 is 17.1 Å². The number of hydrogen-bond donors (Lipinski definition) is 2. The van der Waals surface area contributed by atoms with Crippen LogP contribution in [0.15, 0.2) is 0 Å². The van der Waals surface area contributed by atoms with E-state index in [0.717, 1.165) is 13.8 Å². The maximum absolute atomic E-state index is 9.34. The molecule has 0 aromatic rings. The molecule has 2 unspecified atom stereocenters. The molecule has 0 radical (unpaired) electrons. The van der Waals surface area contributed by atoms with Gasteiger partial charge in [-0.3, -0.25) is 0 Å². The van der Waals surface area contributed by atoms with Gasteiger partial charge in [0, 0.05) is 17.1 Å². The second-order valence-corrected chi connectivity index (χ2v) is 1.99. The maximum Gasteiger partial charge on any atom is 2.00 e. The second kappa shape index (κ2) is 12.9. The normalized spacial score (nSPS) is 11.7. The molecule has 0 aromatic carbocycles. The van der Waals surface area contributed by atoms with Crippen LogP contribution in [0.5, 0.6) is 0 Å². The van der Waals surface area contributed by atoms with Crippen LogP contribution in [0.3, 0.4) is 0 Å². The van der Waals surface area contributed by atoms with Crippen LogP contribution in [0.2, 0.25) is 0 Å². The summed E-state index contributed by atoms with van der Waals surface area (Å²) in [4.78, 5) is 18.7. The van der Waals surface area contributed by atoms with Gasteiger partial charge in [0.05, 0.1) is 24.1 Å². The first-order valence-electron chi connectivity index (χ1n) is 3.06. The Morgan fingerprint density at radius 2 is 1.07 bits per heavy atom. The Morgan fingerprint density at radius 1 is 1.00 bits per heavy atom. The standard InChI is InChI=1S/2C3H6O3.2Fe/c2*1-2(4)3(5)6;;/h2*2,4H,1H3,(H,5,6);;/q;;;+2/p-2. The molecule has 2 atom stereocenters. The van der Waals surface area contributed by atoms with Crippen LogP contribution in [0.1, 0.15) is 13.8 Å². The minimum Gasteiger partial charge on any atom is -0.547 e. The molecule has 0 spiro atoms. The first kappa shape index (κ1) is 23.6. The van der Waals surface area contributed by atoms with Crippen molar-refractivity contribution >= 4 is 11.9 Å². The van der Waals surface area contributed by atoms with E-state index in [2.05, 4.69) is 0 Å². The van der Waals surface area contributed by atoms with Crippen molar-refractivity contribution < 1.29 is 64.2 Å². The summed E-state index contributed by atoms with van der Waals surface area (Å²) in [7, 11) is 0. The number of aliphatic carboxylic acids is 2. The van der Waals surface area contributed by atoms with Crippen LogP contribution in [-0.4, -0.2) is 34.4 Å². The number of hydrogen-bond acceptors (Lipinski definition) is 6. The fourth-order valence-electron chi connectivity index (χ4n) is 0. The van der Waals surface area contributed by atoms with Gasteiger partial charge in [0.15, 0.2) is 0 Å². The minimum atomic E-state index is -1.44. The largest absolute Gasteiger partial charge is 2.00 e. The summed E-state index contributed by atoms with van der Waals surface area (Å²) < 4.78 is 0. The molecule has 0 saturated carbocycles. The van der Waals surface area contributed by atoms with Gasteiger partial charge < -0.3 is 30.0 Å². The van der Waals surface area contributed by atoms with Crippen LogP contribution in [0.25, 0.3) is 0 Å². The van der Waals surface area contributed by atoms with Crippen molar-refractivity contribution in [3.8, 4) is 0 Å². The van der Waals surface area contributed by atoms with Crippen LogP contribution < -0.4 is 10.2 Å². The third kappa shape index (κ3) is 22.7. The van der Waals surface area contributed by atoms with Gasteiger partial charge in [-0.05, 0) is 13.8 Å². The number of aliphatic hydroxyl groups is 2. The predicted octanol–water partition coefficient (Wildman–Crippen LogP) is -3.77. The number of carbonyl (C=O) groups is 2. The monoisotopic (exact) mass is 290 g/mol. The van der Waals surface area contributed by atoms with Gasteiger partial charge in [-0.25, -0.2) is 0 Å². The zero-order valence-electron chi connectivity index (χ0n) is 7.39. The van der Waals surface area contributed by atoms with Crippen molar-refractivity contribution in [1.29, 1.82) is 0 Å². The average Bonchev–Trinajstić information content (AvgIpc) is 1.88. The summed E-state index contributed by atoms with van der Waals surface area (Å²) >= 11 is 0. The second-order valence-electron chi connectivity index (χ2n) is 1.99. The zero-order chi connectivity index (χ0) is 10.3. The molecule has 0 saturated heterocycles. The molecule has 6 nitrogen and oxygen atoms in total. The molecular weight excluding hydrogens is 280 g/mol. The first-order chi connectivity index (χ1) is 5.29. The molecule has 0 rings (SSSR count). The van der Waals surface area contributed by atoms with Gasteiger partial charge in [0.1, 0.15) is 0 Å². The Bertz CT molecular complexity index is 140. The van der Waals surface area contributed by atoms with Crippen LogP contribution in [0, 0.1) is 0 Å². The van der Waals surface area contributed by atoms with E-state index in [1.165, 1.54) is 0 Å². The van der Waals surface area contributed by atoms with E-state index >= 15 is 0 Å². The molecule has 0 aliphatic carbocycles. The van der Waals surface area contributed by atoms with E-state index in [-0.39, 0.29) is 34.1 Å². The van der Waals surface area contributed by atoms with Crippen LogP contribution in [-0.2, 0) is 43.7 Å². The van der Waals surface area contributed by atoms with Crippen molar-refractivity contribution in [3.05, 3.63) is 0 Å². The molecule has 0 bridgehead atoms. The SMILES string of the molecule is CC(O)C(=O)[O-].CC(O)C(=O)[O-].[Fe+2].[Fe]. The summed E-state index contributed by atoms with van der Waals surface area (Å²) in [6.07, 6.45) is -2.69. The molecule has 0 aliphatic rings. The Labute approximate surface area is 102 Å². The average molecular weight is 290 g/mol. The summed E-state index contributed by atoms with van der Waals surface area (Å²) in [6, 6.07) is 0. The number of carboxylic acids is 2. The molecule has 0 heterocycles. The van der Waals surface area contributed by atoms with Gasteiger partial charge in [-0.15, -0.1) is 0 Å². The number of aliphatic hydroxyl groups excluding tert-OH is 2. The molecule has 2 N–H and O–H groups in total. The third-order valence-electron chi connectivity index (χ3n) is 0.682. The number of carboxylic acid groups (broad SMARTS) is 2. The van der Waals surface area contributed by atoms with E-state index in [9.17, 15) is 19.8 Å². The Hall–Kier alpha value is -0.101. The molecule has 0 fully saturated rings. The topological polar surface area (TPSA) is 121 Å². The zero-order valence-corrected chi connectivity index (χ0v) is 9.60. The Morgan fingerprint density at radius 3 is 1.07 bits per heavy atom. The molecule has 0 aliphatic heterocycles. The van der Waals surface area contributed by atoms with Crippen LogP contribution >= 0.6 is 0 Å². The van der Waals surface area contributed by atoms with Crippen molar-refractivity contribution in [1.82, 2.24) is 0 Å². The van der Waals surface area contributed by atoms with E-state index in [1.807, 2.05) is 0 Å². The van der Waals surface area contributed by atoms with E-state index < -0.39 is 24.1 Å². The predicted molar refractivity (Wildman–Crippen MR) is 33.4 cm³/mol. The van der Waals surface area contributed by atoms with E-state index in [4.69, 9.17) is 10.2 Å². The fraction of sp³-hybridized carbons (Fsp3) is 0.667. The third-order valence-corrected chi connectivity index (χ3v) is 0.682. The number of carbonyl (C=O) groups excluding carboxylic acids is 2. The van der Waals surface area contributed by atoms with Crippen molar-refractivity contribution in [3.63, 3.8) is 0 Å². The molecule has 8 heteroatoms. The molecule has 0 aromatic heterocycles. The summed E-state index contributed by atoms with van der Waals surface area (Å²) in [5.74, 6) is -2.87. The van der Waals surface area contributed by atoms with Crippen LogP contribution in [0.4, 0.5) is 0 Å². The molecule has 86 valence electrons. The first-order valence-corrected chi connectivity index (χ1v) is 3.06. The smallest absolute Gasteiger partial charge is 0.547 e. The van der Waals surface area contributed by atoms with Gasteiger partial charge in [-0.1, -0.05) is 0 Å². The van der Waals surface area contributed by atoms with Crippen molar-refractivity contribution in [2.45, 2.75) is 26.1 Å². The molecule has 14 heavy (non-hydrogen) atoms. The van der Waals surface area contributed by atoms with Crippen molar-refractivity contribution in [2.75, 3.05) is 0 Å². The molecular formula is C6H10Fe2O6. The quantitative estimate of drug-likeness (QED) is 0.504. The maximum atomic E-state index is 9.34. The van der Waals surface area contributed by atoms with E-state index in [1.54, 1.807) is 0 Å². The van der Waals surface area contributed by atoms with Crippen molar-refractivity contribution in [2.24, 2.45) is 0 Å². The fourth-order valence-corrected chi connectivity index (χ4v) is 0. The Balaban J connectivity index is -0.0000000625. The van der Waals surface area contributed by atoms with Gasteiger partial charge in [0.2, 0.25) is 0 Å².